The minimum Gasteiger partial charge on any atom is -0.376 e. The van der Waals surface area contributed by atoms with Crippen molar-refractivity contribution in [3.63, 3.8) is 0 Å². The highest BCUT2D eigenvalue weighted by Crippen LogP contribution is 2.25. The molecule has 2 rings (SSSR count). The first-order valence-electron chi connectivity index (χ1n) is 5.31. The first-order valence-corrected chi connectivity index (χ1v) is 5.31. The fourth-order valence-electron chi connectivity index (χ4n) is 1.92. The van der Waals surface area contributed by atoms with Crippen molar-refractivity contribution in [2.75, 3.05) is 6.61 Å². The van der Waals surface area contributed by atoms with Gasteiger partial charge in [0.05, 0.1) is 12.1 Å². The van der Waals surface area contributed by atoms with Gasteiger partial charge in [-0.3, -0.25) is 0 Å². The zero-order valence-electron chi connectivity index (χ0n) is 8.87. The van der Waals surface area contributed by atoms with Crippen molar-refractivity contribution < 1.29 is 9.13 Å². The molecule has 0 aliphatic carbocycles. The molecule has 82 valence electrons. The SMILES string of the molecule is Cc1ccc(C(N)C2CCCO2)cc1F. The summed E-state index contributed by atoms with van der Waals surface area (Å²) in [6.45, 7) is 2.52. The van der Waals surface area contributed by atoms with Crippen LogP contribution in [-0.2, 0) is 4.74 Å². The summed E-state index contributed by atoms with van der Waals surface area (Å²) in [5, 5.41) is 0. The zero-order valence-corrected chi connectivity index (χ0v) is 8.87. The maximum absolute atomic E-state index is 13.3. The average molecular weight is 209 g/mol. The topological polar surface area (TPSA) is 35.2 Å². The van der Waals surface area contributed by atoms with Gasteiger partial charge in [-0.25, -0.2) is 4.39 Å². The Balaban J connectivity index is 2.17. The normalized spacial score (nSPS) is 23.0. The Morgan fingerprint density at radius 2 is 2.33 bits per heavy atom. The third-order valence-corrected chi connectivity index (χ3v) is 2.95. The zero-order chi connectivity index (χ0) is 10.8. The molecule has 1 aliphatic heterocycles. The number of ether oxygens (including phenoxy) is 1. The van der Waals surface area contributed by atoms with E-state index in [0.29, 0.717) is 5.56 Å². The van der Waals surface area contributed by atoms with E-state index in [1.54, 1.807) is 13.0 Å². The van der Waals surface area contributed by atoms with E-state index in [9.17, 15) is 4.39 Å². The molecule has 1 aromatic rings. The number of hydrogen-bond donors (Lipinski definition) is 1. The van der Waals surface area contributed by atoms with Crippen molar-refractivity contribution >= 4 is 0 Å². The van der Waals surface area contributed by atoms with Crippen LogP contribution in [0.2, 0.25) is 0 Å². The summed E-state index contributed by atoms with van der Waals surface area (Å²) in [5.41, 5.74) is 7.50. The van der Waals surface area contributed by atoms with Crippen LogP contribution in [0.5, 0.6) is 0 Å². The second-order valence-electron chi connectivity index (χ2n) is 4.09. The van der Waals surface area contributed by atoms with Crippen molar-refractivity contribution in [2.24, 2.45) is 5.73 Å². The summed E-state index contributed by atoms with van der Waals surface area (Å²) >= 11 is 0. The standard InChI is InChI=1S/C12H16FNO/c1-8-4-5-9(7-10(8)13)12(14)11-3-2-6-15-11/h4-5,7,11-12H,2-3,6,14H2,1H3. The Morgan fingerprint density at radius 3 is 2.93 bits per heavy atom. The van der Waals surface area contributed by atoms with Crippen molar-refractivity contribution in [3.05, 3.63) is 35.1 Å². The number of halogens is 1. The predicted molar refractivity (Wildman–Crippen MR) is 57.0 cm³/mol. The lowest BCUT2D eigenvalue weighted by atomic mass is 9.99. The molecule has 1 heterocycles. The van der Waals surface area contributed by atoms with Gasteiger partial charge < -0.3 is 10.5 Å². The van der Waals surface area contributed by atoms with Crippen molar-refractivity contribution in [3.8, 4) is 0 Å². The summed E-state index contributed by atoms with van der Waals surface area (Å²) in [6, 6.07) is 4.95. The highest BCUT2D eigenvalue weighted by molar-refractivity contribution is 5.26. The van der Waals surface area contributed by atoms with E-state index >= 15 is 0 Å². The number of benzene rings is 1. The fourth-order valence-corrected chi connectivity index (χ4v) is 1.92. The molecular weight excluding hydrogens is 193 g/mol. The first kappa shape index (κ1) is 10.6. The van der Waals surface area contributed by atoms with Crippen LogP contribution in [0.15, 0.2) is 18.2 Å². The molecule has 1 aromatic carbocycles. The van der Waals surface area contributed by atoms with Gasteiger partial charge in [-0.05, 0) is 37.0 Å². The average Bonchev–Trinajstić information content (AvgIpc) is 2.74. The van der Waals surface area contributed by atoms with E-state index in [0.717, 1.165) is 25.0 Å². The minimum absolute atomic E-state index is 0.0482. The molecule has 0 bridgehead atoms. The Morgan fingerprint density at radius 1 is 1.53 bits per heavy atom. The van der Waals surface area contributed by atoms with Gasteiger partial charge in [-0.1, -0.05) is 12.1 Å². The van der Waals surface area contributed by atoms with Crippen LogP contribution in [0.25, 0.3) is 0 Å². The smallest absolute Gasteiger partial charge is 0.126 e. The van der Waals surface area contributed by atoms with Crippen LogP contribution < -0.4 is 5.73 Å². The number of nitrogens with two attached hydrogens (primary N) is 1. The van der Waals surface area contributed by atoms with Gasteiger partial charge in [0.15, 0.2) is 0 Å². The minimum atomic E-state index is -0.206. The van der Waals surface area contributed by atoms with E-state index in [4.69, 9.17) is 10.5 Å². The van der Waals surface area contributed by atoms with E-state index in [1.165, 1.54) is 6.07 Å². The molecule has 2 unspecified atom stereocenters. The molecule has 2 N–H and O–H groups in total. The maximum Gasteiger partial charge on any atom is 0.126 e. The van der Waals surface area contributed by atoms with Crippen molar-refractivity contribution in [2.45, 2.75) is 31.9 Å². The van der Waals surface area contributed by atoms with Crippen LogP contribution in [0.4, 0.5) is 4.39 Å². The van der Waals surface area contributed by atoms with E-state index < -0.39 is 0 Å². The van der Waals surface area contributed by atoms with Gasteiger partial charge in [0, 0.05) is 6.61 Å². The Hall–Kier alpha value is -0.930. The van der Waals surface area contributed by atoms with Gasteiger partial charge >= 0.3 is 0 Å². The largest absolute Gasteiger partial charge is 0.376 e. The lowest BCUT2D eigenvalue weighted by Gasteiger charge is -2.19. The lowest BCUT2D eigenvalue weighted by Crippen LogP contribution is -2.25. The predicted octanol–water partition coefficient (Wildman–Crippen LogP) is 2.31. The number of aryl methyl sites for hydroxylation is 1. The van der Waals surface area contributed by atoms with E-state index in [-0.39, 0.29) is 18.0 Å². The molecule has 1 aliphatic rings. The van der Waals surface area contributed by atoms with Crippen molar-refractivity contribution in [1.82, 2.24) is 0 Å². The second-order valence-corrected chi connectivity index (χ2v) is 4.09. The van der Waals surface area contributed by atoms with Gasteiger partial charge in [-0.2, -0.15) is 0 Å². The Bertz CT molecular complexity index is 347. The Labute approximate surface area is 89.2 Å². The van der Waals surface area contributed by atoms with Crippen LogP contribution in [0, 0.1) is 12.7 Å². The van der Waals surface area contributed by atoms with E-state index in [1.807, 2.05) is 6.07 Å². The van der Waals surface area contributed by atoms with Gasteiger partial charge in [-0.15, -0.1) is 0 Å². The Kier molecular flexibility index (Phi) is 3.03. The van der Waals surface area contributed by atoms with Crippen LogP contribution in [0.1, 0.15) is 30.0 Å². The molecule has 15 heavy (non-hydrogen) atoms. The molecule has 0 spiro atoms. The third-order valence-electron chi connectivity index (χ3n) is 2.95. The molecule has 2 atom stereocenters. The fraction of sp³-hybridized carbons (Fsp3) is 0.500. The third kappa shape index (κ3) is 2.19. The summed E-state index contributed by atoms with van der Waals surface area (Å²) in [6.07, 6.45) is 2.07. The quantitative estimate of drug-likeness (QED) is 0.811. The highest BCUT2D eigenvalue weighted by Gasteiger charge is 2.24. The second kappa shape index (κ2) is 4.29. The lowest BCUT2D eigenvalue weighted by molar-refractivity contribution is 0.0899. The molecule has 2 nitrogen and oxygen atoms in total. The van der Waals surface area contributed by atoms with Gasteiger partial charge in [0.1, 0.15) is 5.82 Å². The van der Waals surface area contributed by atoms with Gasteiger partial charge in [0.2, 0.25) is 0 Å². The molecule has 1 fully saturated rings. The van der Waals surface area contributed by atoms with E-state index in [2.05, 4.69) is 0 Å². The molecule has 0 aromatic heterocycles. The van der Waals surface area contributed by atoms with Gasteiger partial charge in [0.25, 0.3) is 0 Å². The monoisotopic (exact) mass is 209 g/mol. The van der Waals surface area contributed by atoms with Crippen molar-refractivity contribution in [1.29, 1.82) is 0 Å². The van der Waals surface area contributed by atoms with Crippen LogP contribution >= 0.6 is 0 Å². The van der Waals surface area contributed by atoms with Crippen LogP contribution in [-0.4, -0.2) is 12.7 Å². The molecule has 3 heteroatoms. The summed E-state index contributed by atoms with van der Waals surface area (Å²) in [7, 11) is 0. The number of hydrogen-bond acceptors (Lipinski definition) is 2. The molecule has 0 saturated carbocycles. The van der Waals surface area contributed by atoms with Crippen LogP contribution in [0.3, 0.4) is 0 Å². The maximum atomic E-state index is 13.3. The molecule has 0 radical (unpaired) electrons. The molecule has 1 saturated heterocycles. The molecule has 0 amide bonds. The summed E-state index contributed by atoms with van der Waals surface area (Å²) < 4.78 is 18.8. The first-order chi connectivity index (χ1) is 7.18. The summed E-state index contributed by atoms with van der Waals surface area (Å²) in [4.78, 5) is 0. The highest BCUT2D eigenvalue weighted by atomic mass is 19.1. The number of rotatable bonds is 2. The molecular formula is C12H16FNO. The summed E-state index contributed by atoms with van der Waals surface area (Å²) in [5.74, 6) is -0.194.